The number of thioether (sulfide) groups is 1. The zero-order valence-electron chi connectivity index (χ0n) is 11.5. The van der Waals surface area contributed by atoms with Crippen molar-refractivity contribution >= 4 is 29.0 Å². The van der Waals surface area contributed by atoms with Crippen molar-refractivity contribution in [3.05, 3.63) is 34.9 Å². The largest absolute Gasteiger partial charge is 0.302 e. The Labute approximate surface area is 122 Å². The van der Waals surface area contributed by atoms with Crippen LogP contribution in [0.15, 0.2) is 23.3 Å². The zero-order valence-corrected chi connectivity index (χ0v) is 12.3. The number of nitrogens with zero attached hydrogens (tertiary/aromatic N) is 1. The van der Waals surface area contributed by atoms with Crippen LogP contribution in [0, 0.1) is 6.92 Å². The molecular weight excluding hydrogens is 272 g/mol. The predicted molar refractivity (Wildman–Crippen MR) is 80.3 cm³/mol. The van der Waals surface area contributed by atoms with Crippen LogP contribution in [-0.4, -0.2) is 22.5 Å². The lowest BCUT2D eigenvalue weighted by Crippen LogP contribution is -2.30. The predicted octanol–water partition coefficient (Wildman–Crippen LogP) is 2.77. The van der Waals surface area contributed by atoms with E-state index >= 15 is 0 Å². The minimum Gasteiger partial charge on any atom is -0.302 e. The van der Waals surface area contributed by atoms with Gasteiger partial charge in [-0.2, -0.15) is 5.10 Å². The molecular formula is C15H16N2O2S. The molecule has 0 bridgehead atoms. The molecule has 0 spiro atoms. The van der Waals surface area contributed by atoms with Gasteiger partial charge < -0.3 is 4.79 Å². The van der Waals surface area contributed by atoms with E-state index in [2.05, 4.69) is 22.7 Å². The molecule has 2 aliphatic rings. The molecule has 1 saturated carbocycles. The molecule has 1 atom stereocenters. The molecule has 1 aromatic carbocycles. The van der Waals surface area contributed by atoms with Gasteiger partial charge in [-0.3, -0.25) is 4.79 Å². The van der Waals surface area contributed by atoms with Gasteiger partial charge in [0.1, 0.15) is 6.29 Å². The lowest BCUT2D eigenvalue weighted by molar-refractivity contribution is -0.109. The van der Waals surface area contributed by atoms with E-state index in [4.69, 9.17) is 0 Å². The van der Waals surface area contributed by atoms with Crippen molar-refractivity contribution in [2.75, 3.05) is 0 Å². The highest BCUT2D eigenvalue weighted by atomic mass is 32.2. The fourth-order valence-electron chi connectivity index (χ4n) is 2.57. The Bertz CT molecular complexity index is 620. The number of hydrogen-bond acceptors (Lipinski definition) is 4. The van der Waals surface area contributed by atoms with Gasteiger partial charge in [-0.05, 0) is 43.9 Å². The molecule has 1 amide bonds. The van der Waals surface area contributed by atoms with Crippen LogP contribution >= 0.6 is 11.8 Å². The van der Waals surface area contributed by atoms with Crippen LogP contribution in [0.3, 0.4) is 0 Å². The van der Waals surface area contributed by atoms with Gasteiger partial charge in [0, 0.05) is 0 Å². The second-order valence-corrected chi connectivity index (χ2v) is 6.83. The van der Waals surface area contributed by atoms with E-state index in [0.717, 1.165) is 41.5 Å². The Morgan fingerprint density at radius 2 is 2.15 bits per heavy atom. The topological polar surface area (TPSA) is 58.5 Å². The lowest BCUT2D eigenvalue weighted by Gasteiger charge is -2.20. The molecule has 1 aliphatic carbocycles. The molecule has 1 unspecified atom stereocenters. The number of carbonyl (C=O) groups excluding carboxylic acids is 2. The molecule has 1 N–H and O–H groups in total. The Kier molecular flexibility index (Phi) is 3.17. The minimum absolute atomic E-state index is 0.0183. The molecule has 1 fully saturated rings. The molecule has 0 saturated heterocycles. The number of carbonyl (C=O) groups is 2. The number of aldehydes is 1. The van der Waals surface area contributed by atoms with Crippen molar-refractivity contribution < 1.29 is 9.59 Å². The number of rotatable bonds is 3. The summed E-state index contributed by atoms with van der Waals surface area (Å²) in [7, 11) is 0. The maximum Gasteiger partial charge on any atom is 0.299 e. The summed E-state index contributed by atoms with van der Waals surface area (Å²) in [6, 6.07) is 6.17. The van der Waals surface area contributed by atoms with E-state index in [9.17, 15) is 9.59 Å². The fraction of sp³-hybridized carbons (Fsp3) is 0.400. The fourth-order valence-corrected chi connectivity index (χ4v) is 3.29. The number of benzene rings is 1. The summed E-state index contributed by atoms with van der Waals surface area (Å²) in [6.07, 6.45) is 2.91. The summed E-state index contributed by atoms with van der Waals surface area (Å²) >= 11 is 1.23. The summed E-state index contributed by atoms with van der Waals surface area (Å²) in [5.74, 6) is 0. The second kappa shape index (κ2) is 4.74. The van der Waals surface area contributed by atoms with Crippen molar-refractivity contribution in [3.8, 4) is 0 Å². The molecule has 4 nitrogen and oxygen atoms in total. The third-order valence-corrected chi connectivity index (χ3v) is 4.78. The summed E-state index contributed by atoms with van der Waals surface area (Å²) in [6.45, 7) is 3.99. The van der Waals surface area contributed by atoms with Crippen LogP contribution < -0.4 is 5.43 Å². The maximum atomic E-state index is 11.3. The third-order valence-electron chi connectivity index (χ3n) is 3.90. The van der Waals surface area contributed by atoms with Crippen molar-refractivity contribution in [3.63, 3.8) is 0 Å². The summed E-state index contributed by atoms with van der Waals surface area (Å²) in [4.78, 5) is 22.6. The summed E-state index contributed by atoms with van der Waals surface area (Å²) < 4.78 is 0. The first kappa shape index (κ1) is 13.4. The average molecular weight is 288 g/mol. The molecule has 1 aliphatic heterocycles. The Balaban J connectivity index is 2.02. The minimum atomic E-state index is -0.282. The number of aryl methyl sites for hydroxylation is 1. The highest BCUT2D eigenvalue weighted by Gasteiger charge is 2.44. The first-order valence-electron chi connectivity index (χ1n) is 6.67. The van der Waals surface area contributed by atoms with E-state index in [0.29, 0.717) is 0 Å². The normalized spacial score (nSPS) is 23.8. The van der Waals surface area contributed by atoms with Gasteiger partial charge in [-0.15, -0.1) is 0 Å². The monoisotopic (exact) mass is 288 g/mol. The van der Waals surface area contributed by atoms with Gasteiger partial charge in [0.15, 0.2) is 0 Å². The van der Waals surface area contributed by atoms with Gasteiger partial charge >= 0.3 is 0 Å². The number of hydrazone groups is 1. The first-order chi connectivity index (χ1) is 9.54. The second-order valence-electron chi connectivity index (χ2n) is 5.52. The quantitative estimate of drug-likeness (QED) is 0.870. The van der Waals surface area contributed by atoms with E-state index in [1.54, 1.807) is 0 Å². The first-order valence-corrected chi connectivity index (χ1v) is 7.55. The highest BCUT2D eigenvalue weighted by Crippen LogP contribution is 2.46. The smallest absolute Gasteiger partial charge is 0.299 e. The van der Waals surface area contributed by atoms with E-state index in [-0.39, 0.29) is 15.9 Å². The van der Waals surface area contributed by atoms with E-state index in [1.807, 2.05) is 19.9 Å². The molecule has 5 heteroatoms. The third kappa shape index (κ3) is 2.26. The number of nitrogens with one attached hydrogen (secondary N) is 1. The van der Waals surface area contributed by atoms with Gasteiger partial charge in [-0.1, -0.05) is 29.5 Å². The van der Waals surface area contributed by atoms with Gasteiger partial charge in [0.25, 0.3) is 5.24 Å². The molecule has 0 aromatic heterocycles. The Hall–Kier alpha value is -1.62. The SMILES string of the molecule is Cc1cc(C2=NNC(=O)SC2C)cc(C2(C=O)CC2)c1. The van der Waals surface area contributed by atoms with E-state index in [1.165, 1.54) is 11.8 Å². The van der Waals surface area contributed by atoms with Crippen LogP contribution in [0.5, 0.6) is 0 Å². The Morgan fingerprint density at radius 3 is 2.75 bits per heavy atom. The van der Waals surface area contributed by atoms with Crippen molar-refractivity contribution in [1.29, 1.82) is 0 Å². The van der Waals surface area contributed by atoms with Gasteiger partial charge in [-0.25, -0.2) is 5.43 Å². The molecule has 104 valence electrons. The van der Waals surface area contributed by atoms with Crippen molar-refractivity contribution in [2.45, 2.75) is 37.4 Å². The Morgan fingerprint density at radius 1 is 1.40 bits per heavy atom. The zero-order chi connectivity index (χ0) is 14.3. The van der Waals surface area contributed by atoms with Crippen LogP contribution in [0.4, 0.5) is 4.79 Å². The average Bonchev–Trinajstić information content (AvgIpc) is 3.19. The number of amides is 1. The maximum absolute atomic E-state index is 11.3. The molecule has 1 heterocycles. The van der Waals surface area contributed by atoms with Crippen LogP contribution in [0.1, 0.15) is 36.5 Å². The number of hydrogen-bond donors (Lipinski definition) is 1. The van der Waals surface area contributed by atoms with Crippen LogP contribution in [0.2, 0.25) is 0 Å². The van der Waals surface area contributed by atoms with Crippen molar-refractivity contribution in [2.24, 2.45) is 5.10 Å². The summed E-state index contributed by atoms with van der Waals surface area (Å²) in [5, 5.41) is 4.07. The highest BCUT2D eigenvalue weighted by molar-refractivity contribution is 8.14. The van der Waals surface area contributed by atoms with Gasteiger partial charge in [0.05, 0.1) is 16.4 Å². The standard InChI is InChI=1S/C15H16N2O2S/c1-9-5-11(13-10(2)20-14(19)17-16-13)7-12(6-9)15(8-18)3-4-15/h5-8,10H,3-4H2,1-2H3,(H,17,19). The molecule has 3 rings (SSSR count). The van der Waals surface area contributed by atoms with Crippen LogP contribution in [-0.2, 0) is 10.2 Å². The van der Waals surface area contributed by atoms with Gasteiger partial charge in [0.2, 0.25) is 0 Å². The lowest BCUT2D eigenvalue weighted by atomic mass is 9.92. The van der Waals surface area contributed by atoms with Crippen LogP contribution in [0.25, 0.3) is 0 Å². The van der Waals surface area contributed by atoms with E-state index < -0.39 is 0 Å². The summed E-state index contributed by atoms with van der Waals surface area (Å²) in [5.41, 5.74) is 6.27. The molecule has 20 heavy (non-hydrogen) atoms. The van der Waals surface area contributed by atoms with Crippen molar-refractivity contribution in [1.82, 2.24) is 5.43 Å². The molecule has 1 aromatic rings. The molecule has 0 radical (unpaired) electrons.